The number of fused-ring (bicyclic) bond motifs is 1. The second-order valence-corrected chi connectivity index (χ2v) is 12.2. The van der Waals surface area contributed by atoms with Crippen LogP contribution in [0.15, 0.2) is 47.4 Å². The average molecular weight is 548 g/mol. The maximum Gasteiger partial charge on any atom is 0.243 e. The predicted octanol–water partition coefficient (Wildman–Crippen LogP) is 4.45. The molecule has 2 fully saturated rings. The van der Waals surface area contributed by atoms with Gasteiger partial charge in [-0.05, 0) is 69.0 Å². The van der Waals surface area contributed by atoms with Crippen molar-refractivity contribution in [2.45, 2.75) is 43.6 Å². The fourth-order valence-electron chi connectivity index (χ4n) is 4.89. The molecule has 11 heteroatoms. The summed E-state index contributed by atoms with van der Waals surface area (Å²) in [7, 11) is -3.85. The number of amides is 1. The summed E-state index contributed by atoms with van der Waals surface area (Å²) in [5.41, 5.74) is 0.707. The smallest absolute Gasteiger partial charge is 0.243 e. The van der Waals surface area contributed by atoms with E-state index in [1.807, 2.05) is 25.1 Å². The number of para-hydroxylation sites is 1. The third kappa shape index (κ3) is 5.50. The van der Waals surface area contributed by atoms with Gasteiger partial charge in [0.1, 0.15) is 17.1 Å². The van der Waals surface area contributed by atoms with E-state index < -0.39 is 21.8 Å². The van der Waals surface area contributed by atoms with Crippen molar-refractivity contribution in [2.75, 3.05) is 37.7 Å². The monoisotopic (exact) mass is 547 g/mol. The number of halogens is 1. The van der Waals surface area contributed by atoms with Crippen molar-refractivity contribution in [3.63, 3.8) is 0 Å². The minimum absolute atomic E-state index is 0.0211. The molecule has 2 aromatic carbocycles. The molecule has 0 radical (unpaired) electrons. The molecule has 2 aliphatic rings. The number of thiazole rings is 1. The number of rotatable bonds is 8. The molecule has 0 bridgehead atoms. The molecule has 0 saturated carbocycles. The number of carbonyl (C=O) groups is 1. The summed E-state index contributed by atoms with van der Waals surface area (Å²) in [5, 5.41) is 0.557. The van der Waals surface area contributed by atoms with Crippen molar-refractivity contribution in [1.82, 2.24) is 9.29 Å². The van der Waals surface area contributed by atoms with E-state index >= 15 is 0 Å². The van der Waals surface area contributed by atoms with Gasteiger partial charge < -0.3 is 9.47 Å². The summed E-state index contributed by atoms with van der Waals surface area (Å²) < 4.78 is 53.7. The normalized spacial score (nSPS) is 20.8. The number of hydrogen-bond donors (Lipinski definition) is 0. The zero-order chi connectivity index (χ0) is 26.0. The molecule has 2 atom stereocenters. The molecule has 0 N–H and O–H groups in total. The Hall–Kier alpha value is -2.60. The second kappa shape index (κ2) is 11.0. The summed E-state index contributed by atoms with van der Waals surface area (Å²) in [5.74, 6) is -0.518. The molecule has 0 spiro atoms. The molecule has 37 heavy (non-hydrogen) atoms. The highest BCUT2D eigenvalue weighted by Crippen LogP contribution is 2.36. The van der Waals surface area contributed by atoms with Crippen LogP contribution in [0.25, 0.3) is 10.2 Å². The van der Waals surface area contributed by atoms with Crippen molar-refractivity contribution >= 4 is 42.6 Å². The lowest BCUT2D eigenvalue weighted by Crippen LogP contribution is -2.48. The van der Waals surface area contributed by atoms with Crippen LogP contribution in [0.4, 0.5) is 9.52 Å². The first-order valence-electron chi connectivity index (χ1n) is 12.6. The van der Waals surface area contributed by atoms with Gasteiger partial charge >= 0.3 is 0 Å². The van der Waals surface area contributed by atoms with Crippen LogP contribution < -0.4 is 9.64 Å². The zero-order valence-corrected chi connectivity index (χ0v) is 22.3. The number of anilines is 1. The van der Waals surface area contributed by atoms with Crippen molar-refractivity contribution in [3.05, 3.63) is 48.3 Å². The Morgan fingerprint density at radius 3 is 2.76 bits per heavy atom. The molecule has 2 unspecified atom stereocenters. The average Bonchev–Trinajstić information content (AvgIpc) is 3.58. The number of aromatic nitrogens is 1. The molecule has 1 amide bonds. The summed E-state index contributed by atoms with van der Waals surface area (Å²) >= 11 is 1.42. The Bertz CT molecular complexity index is 1360. The molecule has 5 rings (SSSR count). The summed E-state index contributed by atoms with van der Waals surface area (Å²) in [4.78, 5) is 20.4. The van der Waals surface area contributed by atoms with E-state index in [4.69, 9.17) is 14.5 Å². The van der Waals surface area contributed by atoms with Crippen molar-refractivity contribution < 1.29 is 27.1 Å². The van der Waals surface area contributed by atoms with E-state index in [0.29, 0.717) is 55.5 Å². The van der Waals surface area contributed by atoms with Crippen LogP contribution in [0.3, 0.4) is 0 Å². The number of carbonyl (C=O) groups excluding carboxylic acids is 1. The molecule has 8 nitrogen and oxygen atoms in total. The Morgan fingerprint density at radius 1 is 1.22 bits per heavy atom. The largest absolute Gasteiger partial charge is 0.492 e. The van der Waals surface area contributed by atoms with Gasteiger partial charge in [0.25, 0.3) is 0 Å². The van der Waals surface area contributed by atoms with Crippen LogP contribution in [0, 0.1) is 11.7 Å². The molecular formula is C26H30FN3O5S2. The van der Waals surface area contributed by atoms with Crippen LogP contribution in [0.5, 0.6) is 5.75 Å². The number of benzene rings is 2. The number of nitrogens with zero attached hydrogens (tertiary/aromatic N) is 3. The van der Waals surface area contributed by atoms with Gasteiger partial charge in [-0.1, -0.05) is 17.4 Å². The molecule has 0 aliphatic carbocycles. The van der Waals surface area contributed by atoms with Gasteiger partial charge in [0, 0.05) is 19.7 Å². The predicted molar refractivity (Wildman–Crippen MR) is 140 cm³/mol. The number of sulfonamides is 1. The van der Waals surface area contributed by atoms with Gasteiger partial charge in [-0.3, -0.25) is 9.69 Å². The van der Waals surface area contributed by atoms with E-state index in [9.17, 15) is 17.6 Å². The van der Waals surface area contributed by atoms with Gasteiger partial charge in [-0.25, -0.2) is 17.8 Å². The second-order valence-electron chi connectivity index (χ2n) is 9.27. The van der Waals surface area contributed by atoms with E-state index in [2.05, 4.69) is 0 Å². The lowest BCUT2D eigenvalue weighted by atomic mass is 9.98. The lowest BCUT2D eigenvalue weighted by molar-refractivity contribution is -0.123. The Balaban J connectivity index is 1.42. The summed E-state index contributed by atoms with van der Waals surface area (Å²) in [6.45, 7) is 3.82. The van der Waals surface area contributed by atoms with E-state index in [-0.39, 0.29) is 23.5 Å². The Labute approximate surface area is 220 Å². The highest BCUT2D eigenvalue weighted by molar-refractivity contribution is 7.89. The Morgan fingerprint density at radius 2 is 2.03 bits per heavy atom. The molecule has 2 saturated heterocycles. The third-order valence-corrected chi connectivity index (χ3v) is 9.69. The maximum absolute atomic E-state index is 14.0. The van der Waals surface area contributed by atoms with E-state index in [0.717, 1.165) is 29.7 Å². The van der Waals surface area contributed by atoms with E-state index in [1.54, 1.807) is 4.90 Å². The highest BCUT2D eigenvalue weighted by atomic mass is 32.2. The van der Waals surface area contributed by atoms with Gasteiger partial charge in [0.2, 0.25) is 15.9 Å². The minimum atomic E-state index is -3.85. The van der Waals surface area contributed by atoms with Gasteiger partial charge in [-0.2, -0.15) is 4.31 Å². The maximum atomic E-state index is 14.0. The fourth-order valence-corrected chi connectivity index (χ4v) is 7.41. The fraction of sp³-hybridized carbons (Fsp3) is 0.462. The van der Waals surface area contributed by atoms with Crippen LogP contribution in [-0.2, 0) is 19.6 Å². The van der Waals surface area contributed by atoms with Crippen molar-refractivity contribution in [1.29, 1.82) is 0 Å². The SMILES string of the molecule is CCOc1cccc2sc(N(CC3CCCO3)C(=O)C3CCCN(S(=O)(=O)c4ccc(F)cc4)C3)nc12. The van der Waals surface area contributed by atoms with Crippen molar-refractivity contribution in [3.8, 4) is 5.75 Å². The molecule has 198 valence electrons. The topological polar surface area (TPSA) is 89.0 Å². The molecule has 3 aromatic rings. The van der Waals surface area contributed by atoms with Crippen LogP contribution in [0.1, 0.15) is 32.6 Å². The number of piperidine rings is 1. The summed E-state index contributed by atoms with van der Waals surface area (Å²) in [6.07, 6.45) is 2.83. The minimum Gasteiger partial charge on any atom is -0.492 e. The molecule has 1 aromatic heterocycles. The quantitative estimate of drug-likeness (QED) is 0.414. The van der Waals surface area contributed by atoms with Gasteiger partial charge in [-0.15, -0.1) is 0 Å². The molecule has 3 heterocycles. The van der Waals surface area contributed by atoms with Crippen LogP contribution in [0.2, 0.25) is 0 Å². The molecular weight excluding hydrogens is 517 g/mol. The van der Waals surface area contributed by atoms with Crippen LogP contribution >= 0.6 is 11.3 Å². The first kappa shape index (κ1) is 26.0. The first-order chi connectivity index (χ1) is 17.9. The highest BCUT2D eigenvalue weighted by Gasteiger charge is 2.37. The van der Waals surface area contributed by atoms with Gasteiger partial charge in [0.05, 0.1) is 34.8 Å². The number of ether oxygens (including phenoxy) is 2. The summed E-state index contributed by atoms with van der Waals surface area (Å²) in [6, 6.07) is 10.5. The standard InChI is InChI=1S/C26H30FN3O5S2/c1-2-34-22-8-3-9-23-24(22)28-26(36-23)30(17-20-7-5-15-35-20)25(31)18-6-4-14-29(16-18)37(32,33)21-12-10-19(27)11-13-21/h3,8-13,18,20H,2,4-7,14-17H2,1H3. The third-order valence-electron chi connectivity index (χ3n) is 6.76. The number of hydrogen-bond acceptors (Lipinski definition) is 7. The van der Waals surface area contributed by atoms with Crippen molar-refractivity contribution in [2.24, 2.45) is 5.92 Å². The first-order valence-corrected chi connectivity index (χ1v) is 14.8. The Kier molecular flexibility index (Phi) is 7.75. The van der Waals surface area contributed by atoms with Crippen LogP contribution in [-0.4, -0.2) is 62.6 Å². The zero-order valence-electron chi connectivity index (χ0n) is 20.6. The molecule has 2 aliphatic heterocycles. The lowest BCUT2D eigenvalue weighted by Gasteiger charge is -2.34. The van der Waals surface area contributed by atoms with E-state index in [1.165, 1.54) is 27.8 Å². The van der Waals surface area contributed by atoms with Gasteiger partial charge in [0.15, 0.2) is 5.13 Å².